The van der Waals surface area contributed by atoms with Crippen molar-refractivity contribution in [2.24, 2.45) is 10.4 Å². The van der Waals surface area contributed by atoms with Gasteiger partial charge in [0.05, 0.1) is 18.6 Å². The summed E-state index contributed by atoms with van der Waals surface area (Å²) in [5.74, 6) is 1.20. The summed E-state index contributed by atoms with van der Waals surface area (Å²) in [6.07, 6.45) is 5.41. The molecule has 1 unspecified atom stereocenters. The third kappa shape index (κ3) is 4.14. The molecule has 26 heavy (non-hydrogen) atoms. The quantitative estimate of drug-likeness (QED) is 0.585. The highest BCUT2D eigenvalue weighted by atomic mass is 16.5. The van der Waals surface area contributed by atoms with Crippen molar-refractivity contribution in [3.8, 4) is 0 Å². The van der Waals surface area contributed by atoms with Gasteiger partial charge in [0, 0.05) is 59.9 Å². The number of nitrogens with one attached hydrogen (secondary N) is 1. The lowest BCUT2D eigenvalue weighted by molar-refractivity contribution is -0.138. The van der Waals surface area contributed by atoms with Gasteiger partial charge >= 0.3 is 0 Å². The zero-order valence-electron chi connectivity index (χ0n) is 16.7. The van der Waals surface area contributed by atoms with Crippen LogP contribution in [0.25, 0.3) is 0 Å². The number of aliphatic imine (C=N–C) groups is 1. The van der Waals surface area contributed by atoms with Crippen LogP contribution in [0.1, 0.15) is 32.1 Å². The Morgan fingerprint density at radius 3 is 2.54 bits per heavy atom. The third-order valence-corrected chi connectivity index (χ3v) is 6.24. The lowest BCUT2D eigenvalue weighted by atomic mass is 9.84. The predicted molar refractivity (Wildman–Crippen MR) is 103 cm³/mol. The molecule has 3 fully saturated rings. The molecule has 7 heteroatoms. The van der Waals surface area contributed by atoms with E-state index in [0.29, 0.717) is 12.6 Å². The molecule has 1 N–H and O–H groups in total. The number of hydrogen-bond donors (Lipinski definition) is 1. The van der Waals surface area contributed by atoms with E-state index in [4.69, 9.17) is 4.74 Å². The zero-order chi connectivity index (χ0) is 18.6. The minimum absolute atomic E-state index is 0.255. The SMILES string of the molecule is CN=C(NCC1(C(=O)N(C)C)CCCC1)N1CCC(N2CCOCC2)C1. The second-order valence-corrected chi connectivity index (χ2v) is 8.12. The van der Waals surface area contributed by atoms with E-state index in [1.165, 1.54) is 6.42 Å². The maximum absolute atomic E-state index is 12.8. The van der Waals surface area contributed by atoms with Crippen LogP contribution in [0.2, 0.25) is 0 Å². The minimum atomic E-state index is -0.261. The van der Waals surface area contributed by atoms with E-state index in [0.717, 1.165) is 71.0 Å². The Balaban J connectivity index is 1.57. The van der Waals surface area contributed by atoms with Crippen molar-refractivity contribution in [2.75, 3.05) is 67.1 Å². The average molecular weight is 366 g/mol. The Hall–Kier alpha value is -1.34. The lowest BCUT2D eigenvalue weighted by Crippen LogP contribution is -2.50. The second kappa shape index (κ2) is 8.57. The van der Waals surface area contributed by atoms with Crippen molar-refractivity contribution < 1.29 is 9.53 Å². The van der Waals surface area contributed by atoms with Crippen LogP contribution < -0.4 is 5.32 Å². The number of hydrogen-bond acceptors (Lipinski definition) is 4. The van der Waals surface area contributed by atoms with Gasteiger partial charge in [0.15, 0.2) is 5.96 Å². The summed E-state index contributed by atoms with van der Waals surface area (Å²) in [6, 6.07) is 0.585. The number of amides is 1. The molecule has 0 aromatic rings. The fourth-order valence-electron chi connectivity index (χ4n) is 4.75. The first-order valence-corrected chi connectivity index (χ1v) is 10.0. The molecule has 0 aromatic carbocycles. The molecule has 1 saturated carbocycles. The smallest absolute Gasteiger partial charge is 0.230 e. The molecule has 3 rings (SSSR count). The first kappa shape index (κ1) is 19.4. The van der Waals surface area contributed by atoms with E-state index in [2.05, 4.69) is 20.1 Å². The highest BCUT2D eigenvalue weighted by Gasteiger charge is 2.42. The summed E-state index contributed by atoms with van der Waals surface area (Å²) >= 11 is 0. The van der Waals surface area contributed by atoms with Gasteiger partial charge < -0.3 is 19.9 Å². The van der Waals surface area contributed by atoms with Gasteiger partial charge in [0.25, 0.3) is 0 Å². The number of morpholine rings is 1. The molecule has 1 aliphatic carbocycles. The number of ether oxygens (including phenoxy) is 1. The zero-order valence-corrected chi connectivity index (χ0v) is 16.7. The van der Waals surface area contributed by atoms with Gasteiger partial charge in [-0.25, -0.2) is 0 Å². The summed E-state index contributed by atoms with van der Waals surface area (Å²) in [6.45, 7) is 6.48. The molecule has 2 saturated heterocycles. The Morgan fingerprint density at radius 1 is 1.23 bits per heavy atom. The van der Waals surface area contributed by atoms with Crippen LogP contribution in [0.5, 0.6) is 0 Å². The predicted octanol–water partition coefficient (Wildman–Crippen LogP) is 0.617. The Bertz CT molecular complexity index is 510. The van der Waals surface area contributed by atoms with Gasteiger partial charge in [-0.2, -0.15) is 0 Å². The van der Waals surface area contributed by atoms with Crippen molar-refractivity contribution in [1.82, 2.24) is 20.0 Å². The van der Waals surface area contributed by atoms with Crippen LogP contribution in [0.15, 0.2) is 4.99 Å². The summed E-state index contributed by atoms with van der Waals surface area (Å²) in [4.78, 5) is 23.9. The largest absolute Gasteiger partial charge is 0.379 e. The average Bonchev–Trinajstić information content (AvgIpc) is 3.33. The molecule has 0 bridgehead atoms. The van der Waals surface area contributed by atoms with Crippen LogP contribution >= 0.6 is 0 Å². The van der Waals surface area contributed by atoms with Gasteiger partial charge in [-0.15, -0.1) is 0 Å². The maximum atomic E-state index is 12.8. The van der Waals surface area contributed by atoms with Gasteiger partial charge in [0.2, 0.25) is 5.91 Å². The Morgan fingerprint density at radius 2 is 1.92 bits per heavy atom. The number of rotatable bonds is 4. The van der Waals surface area contributed by atoms with Crippen molar-refractivity contribution >= 4 is 11.9 Å². The fraction of sp³-hybridized carbons (Fsp3) is 0.895. The topological polar surface area (TPSA) is 60.4 Å². The number of likely N-dealkylation sites (tertiary alicyclic amines) is 1. The molecule has 2 aliphatic heterocycles. The minimum Gasteiger partial charge on any atom is -0.379 e. The molecule has 0 aromatic heterocycles. The van der Waals surface area contributed by atoms with Crippen molar-refractivity contribution in [1.29, 1.82) is 0 Å². The van der Waals surface area contributed by atoms with Gasteiger partial charge in [-0.3, -0.25) is 14.7 Å². The highest BCUT2D eigenvalue weighted by Crippen LogP contribution is 2.39. The summed E-state index contributed by atoms with van der Waals surface area (Å²) in [5.41, 5.74) is -0.261. The number of carbonyl (C=O) groups is 1. The summed E-state index contributed by atoms with van der Waals surface area (Å²) in [7, 11) is 5.58. The van der Waals surface area contributed by atoms with Crippen LogP contribution in [-0.4, -0.2) is 99.7 Å². The van der Waals surface area contributed by atoms with E-state index in [1.54, 1.807) is 4.90 Å². The standard InChI is InChI=1S/C19H35N5O2/c1-20-18(21-15-19(7-4-5-8-19)17(25)22(2)3)24-9-6-16(14-24)23-10-12-26-13-11-23/h16H,4-15H2,1-3H3,(H,20,21). The van der Waals surface area contributed by atoms with Crippen LogP contribution in [0.4, 0.5) is 0 Å². The molecular formula is C19H35N5O2. The Kier molecular flexibility index (Phi) is 6.40. The normalized spacial score (nSPS) is 27.0. The van der Waals surface area contributed by atoms with E-state index in [-0.39, 0.29) is 11.3 Å². The highest BCUT2D eigenvalue weighted by molar-refractivity contribution is 5.85. The molecule has 0 spiro atoms. The fourth-order valence-corrected chi connectivity index (χ4v) is 4.75. The number of guanidine groups is 1. The molecule has 148 valence electrons. The van der Waals surface area contributed by atoms with Crippen molar-refractivity contribution in [3.63, 3.8) is 0 Å². The molecule has 1 amide bonds. The van der Waals surface area contributed by atoms with Crippen LogP contribution in [0, 0.1) is 5.41 Å². The first-order chi connectivity index (χ1) is 12.6. The summed E-state index contributed by atoms with van der Waals surface area (Å²) in [5, 5.41) is 3.54. The number of nitrogens with zero attached hydrogens (tertiary/aromatic N) is 4. The lowest BCUT2D eigenvalue weighted by Gasteiger charge is -2.34. The van der Waals surface area contributed by atoms with Gasteiger partial charge in [0.1, 0.15) is 0 Å². The van der Waals surface area contributed by atoms with Gasteiger partial charge in [-0.1, -0.05) is 12.8 Å². The van der Waals surface area contributed by atoms with E-state index in [9.17, 15) is 4.79 Å². The second-order valence-electron chi connectivity index (χ2n) is 8.12. The first-order valence-electron chi connectivity index (χ1n) is 10.0. The van der Waals surface area contributed by atoms with E-state index in [1.807, 2.05) is 21.1 Å². The molecule has 7 nitrogen and oxygen atoms in total. The van der Waals surface area contributed by atoms with Crippen LogP contribution in [0.3, 0.4) is 0 Å². The monoisotopic (exact) mass is 365 g/mol. The molecular weight excluding hydrogens is 330 g/mol. The third-order valence-electron chi connectivity index (χ3n) is 6.24. The van der Waals surface area contributed by atoms with Gasteiger partial charge in [-0.05, 0) is 19.3 Å². The van der Waals surface area contributed by atoms with Crippen LogP contribution in [-0.2, 0) is 9.53 Å². The van der Waals surface area contributed by atoms with Crippen molar-refractivity contribution in [3.05, 3.63) is 0 Å². The molecule has 3 aliphatic rings. The number of carbonyl (C=O) groups excluding carboxylic acids is 1. The van der Waals surface area contributed by atoms with E-state index < -0.39 is 0 Å². The molecule has 0 radical (unpaired) electrons. The van der Waals surface area contributed by atoms with Crippen molar-refractivity contribution in [2.45, 2.75) is 38.1 Å². The maximum Gasteiger partial charge on any atom is 0.230 e. The summed E-state index contributed by atoms with van der Waals surface area (Å²) < 4.78 is 5.48. The molecule has 2 heterocycles. The molecule has 1 atom stereocenters. The van der Waals surface area contributed by atoms with E-state index >= 15 is 0 Å². The Labute approximate surface area is 157 Å².